The number of esters is 1. The predicted molar refractivity (Wildman–Crippen MR) is 126 cm³/mol. The number of rotatable bonds is 9. The van der Waals surface area contributed by atoms with E-state index in [1.807, 2.05) is 12.1 Å². The van der Waals surface area contributed by atoms with Crippen LogP contribution in [-0.4, -0.2) is 56.9 Å². The van der Waals surface area contributed by atoms with Gasteiger partial charge in [0.1, 0.15) is 18.5 Å². The van der Waals surface area contributed by atoms with E-state index in [0.717, 1.165) is 54.9 Å². The second kappa shape index (κ2) is 10.1. The van der Waals surface area contributed by atoms with Gasteiger partial charge in [0.05, 0.1) is 13.0 Å². The Balaban J connectivity index is 1.34. The van der Waals surface area contributed by atoms with Crippen molar-refractivity contribution in [2.75, 3.05) is 40.0 Å². The number of piperidine rings is 3. The highest BCUT2D eigenvalue weighted by molar-refractivity contribution is 5.72. The normalized spacial score (nSPS) is 22.5. The van der Waals surface area contributed by atoms with Gasteiger partial charge in [0, 0.05) is 19.1 Å². The number of fused-ring (bicyclic) bond motifs is 3. The molecule has 2 aromatic rings. The van der Waals surface area contributed by atoms with Gasteiger partial charge < -0.3 is 14.2 Å². The SMILES string of the molecule is COCCOc1ccc(-c2ccc(C(C)(C)CC(=O)OC3CN4CCC3CC4)cc2)cc1. The molecule has 3 aliphatic heterocycles. The van der Waals surface area contributed by atoms with Gasteiger partial charge in [0.25, 0.3) is 0 Å². The topological polar surface area (TPSA) is 48.0 Å². The molecule has 2 aromatic carbocycles. The van der Waals surface area contributed by atoms with Gasteiger partial charge in [-0.1, -0.05) is 50.2 Å². The third-order valence-corrected chi connectivity index (χ3v) is 6.88. The molecule has 0 amide bonds. The summed E-state index contributed by atoms with van der Waals surface area (Å²) in [6.45, 7) is 8.56. The summed E-state index contributed by atoms with van der Waals surface area (Å²) >= 11 is 0. The van der Waals surface area contributed by atoms with Crippen LogP contribution in [0.2, 0.25) is 0 Å². The summed E-state index contributed by atoms with van der Waals surface area (Å²) in [6, 6.07) is 16.6. The van der Waals surface area contributed by atoms with Crippen LogP contribution in [-0.2, 0) is 19.7 Å². The standard InChI is InChI=1S/C27H35NO4/c1-27(2,18-26(29)32-25-19-28-14-12-22(25)13-15-28)23-8-4-20(5-9-23)21-6-10-24(11-7-21)31-17-16-30-3/h4-11,22,25H,12-19H2,1-3H3. The molecule has 0 saturated carbocycles. The van der Waals surface area contributed by atoms with E-state index in [0.29, 0.717) is 25.6 Å². The van der Waals surface area contributed by atoms with E-state index < -0.39 is 0 Å². The number of hydrogen-bond acceptors (Lipinski definition) is 5. The first-order valence-electron chi connectivity index (χ1n) is 11.7. The van der Waals surface area contributed by atoms with Crippen LogP contribution in [0.25, 0.3) is 11.1 Å². The quantitative estimate of drug-likeness (QED) is 0.421. The maximum atomic E-state index is 12.7. The third-order valence-electron chi connectivity index (χ3n) is 6.88. The Morgan fingerprint density at radius 2 is 1.59 bits per heavy atom. The number of nitrogens with zero attached hydrogens (tertiary/aromatic N) is 1. The van der Waals surface area contributed by atoms with Crippen molar-refractivity contribution in [1.29, 1.82) is 0 Å². The molecule has 0 aromatic heterocycles. The molecule has 0 N–H and O–H groups in total. The molecular weight excluding hydrogens is 402 g/mol. The number of carbonyl (C=O) groups is 1. The summed E-state index contributed by atoms with van der Waals surface area (Å²) < 4.78 is 16.6. The first-order chi connectivity index (χ1) is 15.4. The monoisotopic (exact) mass is 437 g/mol. The second-order valence-electron chi connectivity index (χ2n) is 9.67. The summed E-state index contributed by atoms with van der Waals surface area (Å²) in [5.41, 5.74) is 3.15. The van der Waals surface area contributed by atoms with Crippen molar-refractivity contribution in [1.82, 2.24) is 4.90 Å². The fourth-order valence-corrected chi connectivity index (χ4v) is 4.82. The molecule has 5 rings (SSSR count). The van der Waals surface area contributed by atoms with Crippen LogP contribution in [0.5, 0.6) is 5.75 Å². The van der Waals surface area contributed by atoms with Crippen molar-refractivity contribution in [3.05, 3.63) is 54.1 Å². The molecule has 3 fully saturated rings. The van der Waals surface area contributed by atoms with Crippen molar-refractivity contribution in [2.45, 2.75) is 44.6 Å². The van der Waals surface area contributed by atoms with E-state index in [2.05, 4.69) is 55.1 Å². The largest absolute Gasteiger partial charge is 0.491 e. The lowest BCUT2D eigenvalue weighted by molar-refractivity contribution is -0.160. The van der Waals surface area contributed by atoms with E-state index in [1.54, 1.807) is 7.11 Å². The Morgan fingerprint density at radius 1 is 0.969 bits per heavy atom. The Hall–Kier alpha value is -2.37. The molecule has 5 nitrogen and oxygen atoms in total. The van der Waals surface area contributed by atoms with E-state index in [9.17, 15) is 4.79 Å². The smallest absolute Gasteiger partial charge is 0.306 e. The van der Waals surface area contributed by atoms with Crippen molar-refractivity contribution in [2.24, 2.45) is 5.92 Å². The van der Waals surface area contributed by atoms with Crippen molar-refractivity contribution < 1.29 is 19.0 Å². The van der Waals surface area contributed by atoms with Gasteiger partial charge in [0.2, 0.25) is 0 Å². The van der Waals surface area contributed by atoms with Crippen LogP contribution in [0.3, 0.4) is 0 Å². The van der Waals surface area contributed by atoms with Crippen LogP contribution in [0.15, 0.2) is 48.5 Å². The minimum absolute atomic E-state index is 0.0737. The average Bonchev–Trinajstić information content (AvgIpc) is 2.80. The van der Waals surface area contributed by atoms with Gasteiger partial charge in [-0.3, -0.25) is 9.69 Å². The van der Waals surface area contributed by atoms with Gasteiger partial charge in [-0.2, -0.15) is 0 Å². The maximum absolute atomic E-state index is 12.7. The Bertz CT molecular complexity index is 883. The van der Waals surface area contributed by atoms with Crippen LogP contribution in [0.4, 0.5) is 0 Å². The maximum Gasteiger partial charge on any atom is 0.306 e. The zero-order valence-corrected chi connectivity index (χ0v) is 19.5. The summed E-state index contributed by atoms with van der Waals surface area (Å²) in [5, 5.41) is 0. The molecule has 2 bridgehead atoms. The molecule has 5 heteroatoms. The lowest BCUT2D eigenvalue weighted by atomic mass is 9.81. The molecule has 3 aliphatic rings. The fraction of sp³-hybridized carbons (Fsp3) is 0.519. The Kier molecular flexibility index (Phi) is 7.17. The summed E-state index contributed by atoms with van der Waals surface area (Å²) in [7, 11) is 1.67. The number of benzene rings is 2. The second-order valence-corrected chi connectivity index (χ2v) is 9.67. The van der Waals surface area contributed by atoms with Gasteiger partial charge in [-0.05, 0) is 60.7 Å². The minimum Gasteiger partial charge on any atom is -0.491 e. The molecule has 3 saturated heterocycles. The van der Waals surface area contributed by atoms with E-state index >= 15 is 0 Å². The van der Waals surface area contributed by atoms with E-state index in [4.69, 9.17) is 14.2 Å². The molecule has 0 radical (unpaired) electrons. The fourth-order valence-electron chi connectivity index (χ4n) is 4.82. The van der Waals surface area contributed by atoms with Crippen LogP contribution in [0, 0.1) is 5.92 Å². The van der Waals surface area contributed by atoms with E-state index in [-0.39, 0.29) is 17.5 Å². The number of ether oxygens (including phenoxy) is 3. The molecule has 3 heterocycles. The van der Waals surface area contributed by atoms with Gasteiger partial charge in [-0.15, -0.1) is 0 Å². The van der Waals surface area contributed by atoms with Crippen molar-refractivity contribution in [3.8, 4) is 16.9 Å². The zero-order chi connectivity index (χ0) is 22.6. The summed E-state index contributed by atoms with van der Waals surface area (Å²) in [5.74, 6) is 1.30. The predicted octanol–water partition coefficient (Wildman–Crippen LogP) is 4.68. The van der Waals surface area contributed by atoms with Crippen LogP contribution < -0.4 is 4.74 Å². The molecular formula is C27H35NO4. The highest BCUT2D eigenvalue weighted by atomic mass is 16.5. The van der Waals surface area contributed by atoms with Gasteiger partial charge in [-0.25, -0.2) is 0 Å². The molecule has 1 unspecified atom stereocenters. The number of carbonyl (C=O) groups excluding carboxylic acids is 1. The Morgan fingerprint density at radius 3 is 2.16 bits per heavy atom. The first-order valence-corrected chi connectivity index (χ1v) is 11.7. The summed E-state index contributed by atoms with van der Waals surface area (Å²) in [6.07, 6.45) is 2.78. The first kappa shape index (κ1) is 22.8. The van der Waals surface area contributed by atoms with Gasteiger partial charge in [0.15, 0.2) is 0 Å². The van der Waals surface area contributed by atoms with Crippen LogP contribution >= 0.6 is 0 Å². The van der Waals surface area contributed by atoms with E-state index in [1.165, 1.54) is 0 Å². The number of methoxy groups -OCH3 is 1. The van der Waals surface area contributed by atoms with Gasteiger partial charge >= 0.3 is 5.97 Å². The Labute approximate surface area is 191 Å². The molecule has 32 heavy (non-hydrogen) atoms. The number of hydrogen-bond donors (Lipinski definition) is 0. The minimum atomic E-state index is -0.275. The third kappa shape index (κ3) is 5.51. The lowest BCUT2D eigenvalue weighted by Gasteiger charge is -2.44. The highest BCUT2D eigenvalue weighted by Gasteiger charge is 2.37. The highest BCUT2D eigenvalue weighted by Crippen LogP contribution is 2.33. The molecule has 0 spiro atoms. The molecule has 0 aliphatic carbocycles. The summed E-state index contributed by atoms with van der Waals surface area (Å²) in [4.78, 5) is 15.1. The van der Waals surface area contributed by atoms with Crippen LogP contribution in [0.1, 0.15) is 38.7 Å². The zero-order valence-electron chi connectivity index (χ0n) is 19.5. The van der Waals surface area contributed by atoms with Crippen molar-refractivity contribution >= 4 is 5.97 Å². The molecule has 172 valence electrons. The van der Waals surface area contributed by atoms with Crippen molar-refractivity contribution in [3.63, 3.8) is 0 Å². The average molecular weight is 438 g/mol. The molecule has 1 atom stereocenters. The lowest BCUT2D eigenvalue weighted by Crippen LogP contribution is -2.52.